The van der Waals surface area contributed by atoms with Crippen LogP contribution in [0.15, 0.2) is 79.0 Å². The van der Waals surface area contributed by atoms with Crippen LogP contribution in [-0.4, -0.2) is 33.2 Å². The molecule has 166 valence electrons. The number of aryl methyl sites for hydroxylation is 1. The fraction of sp³-hybridized carbons (Fsp3) is 0.185. The summed E-state index contributed by atoms with van der Waals surface area (Å²) in [6.07, 6.45) is 2.39. The van der Waals surface area contributed by atoms with Crippen LogP contribution in [0.2, 0.25) is 0 Å². The van der Waals surface area contributed by atoms with Crippen molar-refractivity contribution in [2.24, 2.45) is 12.8 Å². The zero-order valence-corrected chi connectivity index (χ0v) is 18.4. The predicted octanol–water partition coefficient (Wildman–Crippen LogP) is 4.42. The lowest BCUT2D eigenvalue weighted by molar-refractivity contribution is 0.0708. The minimum absolute atomic E-state index is 0.0308. The number of carbonyl (C=O) groups is 1. The third kappa shape index (κ3) is 3.94. The minimum Gasteiger partial charge on any atom is -0.330 e. The Morgan fingerprint density at radius 3 is 2.58 bits per heavy atom. The van der Waals surface area contributed by atoms with Crippen molar-refractivity contribution in [3.8, 4) is 22.4 Å². The summed E-state index contributed by atoms with van der Waals surface area (Å²) in [4.78, 5) is 15.0. The Labute approximate surface area is 192 Å². The van der Waals surface area contributed by atoms with Crippen LogP contribution in [-0.2, 0) is 20.0 Å². The molecule has 4 aromatic rings. The highest BCUT2D eigenvalue weighted by Crippen LogP contribution is 2.35. The second-order valence-electron chi connectivity index (χ2n) is 8.43. The van der Waals surface area contributed by atoms with Crippen molar-refractivity contribution >= 4 is 5.91 Å². The minimum atomic E-state index is -0.283. The summed E-state index contributed by atoms with van der Waals surface area (Å²) in [6, 6.07) is 22.4. The van der Waals surface area contributed by atoms with Crippen molar-refractivity contribution < 1.29 is 9.18 Å². The highest BCUT2D eigenvalue weighted by molar-refractivity contribution is 5.99. The Morgan fingerprint density at radius 2 is 1.82 bits per heavy atom. The van der Waals surface area contributed by atoms with Gasteiger partial charge in [0.15, 0.2) is 0 Å². The molecule has 2 heterocycles. The molecule has 1 aliphatic rings. The van der Waals surface area contributed by atoms with Crippen LogP contribution < -0.4 is 5.73 Å². The summed E-state index contributed by atoms with van der Waals surface area (Å²) in [6.45, 7) is 0.792. The van der Waals surface area contributed by atoms with Gasteiger partial charge in [0.25, 0.3) is 5.91 Å². The fourth-order valence-corrected chi connectivity index (χ4v) is 4.65. The molecule has 0 radical (unpaired) electrons. The number of fused-ring (bicyclic) bond motifs is 1. The van der Waals surface area contributed by atoms with Crippen LogP contribution in [0, 0.1) is 5.82 Å². The molecule has 33 heavy (non-hydrogen) atoms. The highest BCUT2D eigenvalue weighted by Gasteiger charge is 2.32. The van der Waals surface area contributed by atoms with Gasteiger partial charge in [-0.15, -0.1) is 0 Å². The van der Waals surface area contributed by atoms with Gasteiger partial charge in [-0.2, -0.15) is 5.10 Å². The first-order chi connectivity index (χ1) is 16.0. The average molecular weight is 441 g/mol. The molecule has 5 nitrogen and oxygen atoms in total. The molecule has 0 aliphatic carbocycles. The Kier molecular flexibility index (Phi) is 5.52. The maximum atomic E-state index is 13.6. The van der Waals surface area contributed by atoms with Crippen LogP contribution in [0.1, 0.15) is 21.5 Å². The molecule has 1 atom stereocenters. The Balaban J connectivity index is 1.45. The number of benzene rings is 3. The number of halogens is 1. The van der Waals surface area contributed by atoms with Gasteiger partial charge in [-0.05, 0) is 47.4 Å². The average Bonchev–Trinajstić information content (AvgIpc) is 3.37. The van der Waals surface area contributed by atoms with Crippen LogP contribution in [0.4, 0.5) is 4.39 Å². The third-order valence-electron chi connectivity index (χ3n) is 6.31. The number of aromatic nitrogens is 2. The molecule has 0 spiro atoms. The zero-order valence-electron chi connectivity index (χ0n) is 18.4. The number of amides is 1. The van der Waals surface area contributed by atoms with E-state index in [0.29, 0.717) is 25.1 Å². The molecule has 5 rings (SSSR count). The van der Waals surface area contributed by atoms with E-state index >= 15 is 0 Å². The lowest BCUT2D eigenvalue weighted by Crippen LogP contribution is -2.42. The summed E-state index contributed by atoms with van der Waals surface area (Å²) in [5.74, 6) is -0.314. The molecule has 1 amide bonds. The molecule has 0 unspecified atom stereocenters. The van der Waals surface area contributed by atoms with Gasteiger partial charge in [-0.25, -0.2) is 4.39 Å². The molecule has 0 saturated carbocycles. The van der Waals surface area contributed by atoms with E-state index in [1.807, 2.05) is 54.3 Å². The molecule has 2 N–H and O–H groups in total. The molecule has 0 fully saturated rings. The SMILES string of the molecule is Cn1ncc(-c2ccccc2)c1-c1ccc2c(c1)CN([C@H](CN)Cc1cccc(F)c1)C2=O. The van der Waals surface area contributed by atoms with Crippen LogP contribution in [0.3, 0.4) is 0 Å². The van der Waals surface area contributed by atoms with E-state index in [1.165, 1.54) is 12.1 Å². The lowest BCUT2D eigenvalue weighted by atomic mass is 9.98. The second-order valence-corrected chi connectivity index (χ2v) is 8.43. The number of carbonyl (C=O) groups excluding carboxylic acids is 1. The van der Waals surface area contributed by atoms with Crippen molar-refractivity contribution in [2.75, 3.05) is 6.54 Å². The Morgan fingerprint density at radius 1 is 1.00 bits per heavy atom. The normalized spacial score (nSPS) is 13.9. The summed E-state index contributed by atoms with van der Waals surface area (Å²) >= 11 is 0. The smallest absolute Gasteiger partial charge is 0.254 e. The van der Waals surface area contributed by atoms with Crippen molar-refractivity contribution in [1.29, 1.82) is 0 Å². The van der Waals surface area contributed by atoms with Crippen LogP contribution >= 0.6 is 0 Å². The van der Waals surface area contributed by atoms with E-state index in [1.54, 1.807) is 11.0 Å². The molecule has 0 saturated heterocycles. The van der Waals surface area contributed by atoms with Gasteiger partial charge in [0.05, 0.1) is 11.9 Å². The predicted molar refractivity (Wildman–Crippen MR) is 127 cm³/mol. The molecule has 3 aromatic carbocycles. The topological polar surface area (TPSA) is 64.2 Å². The number of rotatable bonds is 6. The van der Waals surface area contributed by atoms with Gasteiger partial charge in [0.1, 0.15) is 5.82 Å². The maximum absolute atomic E-state index is 13.6. The molecule has 1 aliphatic heterocycles. The van der Waals surface area contributed by atoms with Crippen molar-refractivity contribution in [3.63, 3.8) is 0 Å². The first-order valence-electron chi connectivity index (χ1n) is 11.0. The fourth-order valence-electron chi connectivity index (χ4n) is 4.65. The summed E-state index contributed by atoms with van der Waals surface area (Å²) in [5.41, 5.74) is 12.7. The van der Waals surface area contributed by atoms with Crippen LogP contribution in [0.5, 0.6) is 0 Å². The monoisotopic (exact) mass is 440 g/mol. The number of nitrogens with two attached hydrogens (primary N) is 1. The number of hydrogen-bond acceptors (Lipinski definition) is 3. The van der Waals surface area contributed by atoms with Gasteiger partial charge < -0.3 is 10.6 Å². The first kappa shape index (κ1) is 21.1. The standard InChI is InChI=1S/C27H25FN4O/c1-31-26(25(16-30-31)19-7-3-2-4-8-19)20-10-11-24-21(14-20)17-32(27(24)33)23(15-29)13-18-6-5-9-22(28)12-18/h2-12,14,16,23H,13,15,17,29H2,1H3/t23-/m0/s1. The van der Waals surface area contributed by atoms with Gasteiger partial charge in [-0.1, -0.05) is 48.5 Å². The third-order valence-corrected chi connectivity index (χ3v) is 6.31. The quantitative estimate of drug-likeness (QED) is 0.483. The van der Waals surface area contributed by atoms with Crippen LogP contribution in [0.25, 0.3) is 22.4 Å². The van der Waals surface area contributed by atoms with Crippen molar-refractivity contribution in [3.05, 3.63) is 102 Å². The van der Waals surface area contributed by atoms with E-state index < -0.39 is 0 Å². The van der Waals surface area contributed by atoms with Crippen molar-refractivity contribution in [2.45, 2.75) is 19.0 Å². The molecule has 1 aromatic heterocycles. The lowest BCUT2D eigenvalue weighted by Gasteiger charge is -2.26. The number of hydrogen-bond donors (Lipinski definition) is 1. The maximum Gasteiger partial charge on any atom is 0.254 e. The van der Waals surface area contributed by atoms with E-state index in [0.717, 1.165) is 33.5 Å². The Bertz CT molecular complexity index is 1310. The van der Waals surface area contributed by atoms with Gasteiger partial charge >= 0.3 is 0 Å². The molecule has 0 bridgehead atoms. The van der Waals surface area contributed by atoms with Gasteiger partial charge in [-0.3, -0.25) is 9.48 Å². The molecule has 6 heteroatoms. The largest absolute Gasteiger partial charge is 0.330 e. The highest BCUT2D eigenvalue weighted by atomic mass is 19.1. The summed E-state index contributed by atoms with van der Waals surface area (Å²) in [7, 11) is 1.93. The van der Waals surface area contributed by atoms with Gasteiger partial charge in [0, 0.05) is 42.9 Å². The first-order valence-corrected chi connectivity index (χ1v) is 11.0. The zero-order chi connectivity index (χ0) is 22.9. The van der Waals surface area contributed by atoms with E-state index in [9.17, 15) is 9.18 Å². The molecular formula is C27H25FN4O. The molecular weight excluding hydrogens is 415 g/mol. The second kappa shape index (κ2) is 8.64. The summed E-state index contributed by atoms with van der Waals surface area (Å²) in [5, 5.41) is 4.48. The Hall–Kier alpha value is -3.77. The van der Waals surface area contributed by atoms with E-state index in [2.05, 4.69) is 23.3 Å². The van der Waals surface area contributed by atoms with Crippen molar-refractivity contribution in [1.82, 2.24) is 14.7 Å². The van der Waals surface area contributed by atoms with Gasteiger partial charge in [0.2, 0.25) is 0 Å². The number of nitrogens with zero attached hydrogens (tertiary/aromatic N) is 3. The van der Waals surface area contributed by atoms with E-state index in [4.69, 9.17) is 5.73 Å². The van der Waals surface area contributed by atoms with E-state index in [-0.39, 0.29) is 17.8 Å². The summed E-state index contributed by atoms with van der Waals surface area (Å²) < 4.78 is 15.5.